The highest BCUT2D eigenvalue weighted by Crippen LogP contribution is 2.38. The molecule has 6 nitrogen and oxygen atoms in total. The van der Waals surface area contributed by atoms with E-state index in [2.05, 4.69) is 23.2 Å². The van der Waals surface area contributed by atoms with Crippen LogP contribution < -0.4 is 5.46 Å². The summed E-state index contributed by atoms with van der Waals surface area (Å²) in [4.78, 5) is 13.2. The molecule has 0 aliphatic carbocycles. The van der Waals surface area contributed by atoms with Crippen LogP contribution in [0.15, 0.2) is 36.4 Å². The lowest BCUT2D eigenvalue weighted by atomic mass is 9.79. The van der Waals surface area contributed by atoms with Gasteiger partial charge in [0.2, 0.25) is 0 Å². The number of alkyl halides is 4. The second-order valence-corrected chi connectivity index (χ2v) is 16.5. The number of thiazole rings is 2. The molecular weight excluding hydrogens is 683 g/mol. The van der Waals surface area contributed by atoms with Crippen LogP contribution in [-0.2, 0) is 9.31 Å². The van der Waals surface area contributed by atoms with Gasteiger partial charge in [0.25, 0.3) is 12.9 Å². The van der Waals surface area contributed by atoms with Gasteiger partial charge in [0.05, 0.1) is 54.7 Å². The molecule has 0 bridgehead atoms. The van der Waals surface area contributed by atoms with Gasteiger partial charge in [-0.05, 0) is 115 Å². The van der Waals surface area contributed by atoms with E-state index in [4.69, 9.17) is 25.9 Å². The largest absolute Gasteiger partial charge is 0.494 e. The minimum atomic E-state index is -2.26. The highest BCUT2D eigenvalue weighted by Gasteiger charge is 2.51. The van der Waals surface area contributed by atoms with Crippen LogP contribution in [0.3, 0.4) is 0 Å². The molecule has 48 heavy (non-hydrogen) atoms. The fourth-order valence-electron chi connectivity index (χ4n) is 6.47. The number of hydrogen-bond acceptors (Lipinski definition) is 8. The number of hydrogen-bond donors (Lipinski definition) is 0. The third-order valence-corrected chi connectivity index (χ3v) is 12.6. The standard InChI is InChI=1S/C20H27BF2N2O2S.C14H15ClF2N2S/c1-19(2)20(3,4)27-21(26-19)14-5-6-16-15(11-14)24-18(28-16)13-7-9-25(10-8-13)12-17(22)23;15-10-1-2-12-11(7-10)18-14(20-12)9-3-5-19(6-4-9)8-13(16)17/h5-6,11,13,17H,7-10,12H2,1-4H3;1-2,7,9,13H,3-6,8H2. The molecule has 3 saturated heterocycles. The van der Waals surface area contributed by atoms with Crippen molar-refractivity contribution in [2.24, 2.45) is 0 Å². The summed E-state index contributed by atoms with van der Waals surface area (Å²) in [6.07, 6.45) is -0.920. The van der Waals surface area contributed by atoms with Crippen molar-refractivity contribution in [2.45, 2.75) is 89.3 Å². The summed E-state index contributed by atoms with van der Waals surface area (Å²) >= 11 is 9.37. The molecule has 3 fully saturated rings. The molecule has 7 rings (SSSR count). The SMILES string of the molecule is CC1(C)OB(c2ccc3sc(C4CCN(CC(F)F)CC4)nc3c2)OC1(C)C.FC(F)CN1CCC(c2nc3cc(Cl)ccc3s2)CC1. The Morgan fingerprint density at radius 3 is 1.65 bits per heavy atom. The topological polar surface area (TPSA) is 50.7 Å². The molecule has 0 spiro atoms. The number of rotatable bonds is 7. The average Bonchev–Trinajstić information content (AvgIpc) is 3.70. The molecule has 3 aliphatic heterocycles. The van der Waals surface area contributed by atoms with Gasteiger partial charge in [-0.25, -0.2) is 27.5 Å². The first kappa shape index (κ1) is 35.9. The zero-order chi connectivity index (χ0) is 34.2. The van der Waals surface area contributed by atoms with Crippen LogP contribution >= 0.6 is 34.3 Å². The van der Waals surface area contributed by atoms with Crippen LogP contribution in [0.4, 0.5) is 17.6 Å². The summed E-state index contributed by atoms with van der Waals surface area (Å²) in [6, 6.07) is 11.9. The summed E-state index contributed by atoms with van der Waals surface area (Å²) < 4.78 is 64.4. The lowest BCUT2D eigenvalue weighted by molar-refractivity contribution is 0.00578. The van der Waals surface area contributed by atoms with E-state index in [1.54, 1.807) is 22.7 Å². The fraction of sp³-hybridized carbons (Fsp3) is 0.588. The molecule has 0 N–H and O–H groups in total. The normalized spacial score (nSPS) is 21.1. The van der Waals surface area contributed by atoms with Gasteiger partial charge in [-0.15, -0.1) is 22.7 Å². The highest BCUT2D eigenvalue weighted by atomic mass is 35.5. The smallest absolute Gasteiger partial charge is 0.399 e. The van der Waals surface area contributed by atoms with E-state index in [0.717, 1.165) is 74.7 Å². The molecule has 14 heteroatoms. The minimum Gasteiger partial charge on any atom is -0.399 e. The number of benzene rings is 2. The minimum absolute atomic E-state index is 0.109. The van der Waals surface area contributed by atoms with Gasteiger partial charge in [0.15, 0.2) is 0 Å². The van der Waals surface area contributed by atoms with Gasteiger partial charge in [0.1, 0.15) is 0 Å². The van der Waals surface area contributed by atoms with E-state index in [1.165, 1.54) is 0 Å². The monoisotopic (exact) mass is 724 g/mol. The van der Waals surface area contributed by atoms with Gasteiger partial charge >= 0.3 is 7.12 Å². The Kier molecular flexibility index (Phi) is 11.1. The van der Waals surface area contributed by atoms with Crippen molar-refractivity contribution in [3.63, 3.8) is 0 Å². The Morgan fingerprint density at radius 1 is 0.750 bits per heavy atom. The summed E-state index contributed by atoms with van der Waals surface area (Å²) in [7, 11) is -0.392. The van der Waals surface area contributed by atoms with E-state index in [-0.39, 0.29) is 24.3 Å². The zero-order valence-corrected chi connectivity index (χ0v) is 30.1. The molecule has 4 aromatic rings. The van der Waals surface area contributed by atoms with Gasteiger partial charge in [0, 0.05) is 16.9 Å². The molecule has 3 aliphatic rings. The maximum atomic E-state index is 12.6. The maximum Gasteiger partial charge on any atom is 0.494 e. The van der Waals surface area contributed by atoms with Crippen LogP contribution in [0.2, 0.25) is 5.02 Å². The third kappa shape index (κ3) is 8.36. The molecular formula is C34H42BClF4N4O2S2. The predicted octanol–water partition coefficient (Wildman–Crippen LogP) is 8.43. The highest BCUT2D eigenvalue weighted by molar-refractivity contribution is 7.19. The Balaban J connectivity index is 0.000000177. The third-order valence-electron chi connectivity index (χ3n) is 9.99. The van der Waals surface area contributed by atoms with Gasteiger partial charge < -0.3 is 9.31 Å². The molecule has 0 unspecified atom stereocenters. The summed E-state index contributed by atoms with van der Waals surface area (Å²) in [5.74, 6) is 0.742. The van der Waals surface area contributed by atoms with Crippen molar-refractivity contribution in [3.05, 3.63) is 51.4 Å². The molecule has 0 amide bonds. The number of likely N-dealkylation sites (tertiary alicyclic amines) is 2. The average molecular weight is 725 g/mol. The quantitative estimate of drug-likeness (QED) is 0.141. The second-order valence-electron chi connectivity index (χ2n) is 14.0. The zero-order valence-electron chi connectivity index (χ0n) is 27.7. The Morgan fingerprint density at radius 2 is 1.19 bits per heavy atom. The van der Waals surface area contributed by atoms with E-state index >= 15 is 0 Å². The Hall–Kier alpha value is -1.87. The fourth-order valence-corrected chi connectivity index (χ4v) is 8.87. The van der Waals surface area contributed by atoms with Crippen molar-refractivity contribution >= 4 is 67.3 Å². The Labute approximate surface area is 292 Å². The van der Waals surface area contributed by atoms with Crippen molar-refractivity contribution in [3.8, 4) is 0 Å². The predicted molar refractivity (Wildman–Crippen MR) is 189 cm³/mol. The number of piperidine rings is 2. The summed E-state index contributed by atoms with van der Waals surface area (Å²) in [6.45, 7) is 10.8. The second kappa shape index (κ2) is 14.8. The first-order valence-corrected chi connectivity index (χ1v) is 18.6. The molecule has 2 aromatic heterocycles. The van der Waals surface area contributed by atoms with E-state index in [9.17, 15) is 17.6 Å². The van der Waals surface area contributed by atoms with Crippen molar-refractivity contribution < 1.29 is 26.9 Å². The Bertz CT molecular complexity index is 1670. The lowest BCUT2D eigenvalue weighted by Crippen LogP contribution is -2.41. The number of fused-ring (bicyclic) bond motifs is 2. The number of halogens is 5. The summed E-state index contributed by atoms with van der Waals surface area (Å²) in [5, 5.41) is 2.91. The van der Waals surface area contributed by atoms with Crippen LogP contribution in [0.5, 0.6) is 0 Å². The summed E-state index contributed by atoms with van der Waals surface area (Å²) in [5.41, 5.74) is 2.14. The molecule has 260 valence electrons. The van der Waals surface area contributed by atoms with Crippen molar-refractivity contribution in [2.75, 3.05) is 39.3 Å². The van der Waals surface area contributed by atoms with E-state index in [1.807, 2.05) is 55.7 Å². The van der Waals surface area contributed by atoms with Crippen LogP contribution in [-0.4, -0.2) is 90.2 Å². The molecule has 0 atom stereocenters. The van der Waals surface area contributed by atoms with Gasteiger partial charge in [-0.1, -0.05) is 17.7 Å². The molecule has 5 heterocycles. The van der Waals surface area contributed by atoms with E-state index in [0.29, 0.717) is 29.9 Å². The first-order valence-electron chi connectivity index (χ1n) is 16.6. The van der Waals surface area contributed by atoms with Gasteiger partial charge in [-0.2, -0.15) is 0 Å². The van der Waals surface area contributed by atoms with Crippen LogP contribution in [0, 0.1) is 0 Å². The van der Waals surface area contributed by atoms with E-state index < -0.39 is 20.0 Å². The van der Waals surface area contributed by atoms with Crippen molar-refractivity contribution in [1.29, 1.82) is 0 Å². The number of nitrogens with zero attached hydrogens (tertiary/aromatic N) is 4. The molecule has 0 saturated carbocycles. The molecule has 2 aromatic carbocycles. The van der Waals surface area contributed by atoms with Crippen LogP contribution in [0.1, 0.15) is 75.2 Å². The van der Waals surface area contributed by atoms with Crippen LogP contribution in [0.25, 0.3) is 20.4 Å². The maximum absolute atomic E-state index is 12.6. The molecule has 0 radical (unpaired) electrons. The van der Waals surface area contributed by atoms with Gasteiger partial charge in [-0.3, -0.25) is 9.80 Å². The first-order chi connectivity index (χ1) is 22.8. The van der Waals surface area contributed by atoms with Crippen molar-refractivity contribution in [1.82, 2.24) is 19.8 Å². The lowest BCUT2D eigenvalue weighted by Gasteiger charge is -2.32. The number of aromatic nitrogens is 2.